The number of amides is 3. The lowest BCUT2D eigenvalue weighted by molar-refractivity contribution is 0.00694. The first-order chi connectivity index (χ1) is 12.2. The molecule has 0 aliphatic rings. The summed E-state index contributed by atoms with van der Waals surface area (Å²) in [6.07, 6.45) is 0. The van der Waals surface area contributed by atoms with Gasteiger partial charge in [-0.1, -0.05) is 23.7 Å². The molecule has 7 heteroatoms. The summed E-state index contributed by atoms with van der Waals surface area (Å²) in [6.45, 7) is 5.34. The molecule has 0 aliphatic heterocycles. The fraction of sp³-hybridized carbons (Fsp3) is 0.211. The van der Waals surface area contributed by atoms with E-state index in [0.717, 1.165) is 0 Å². The van der Waals surface area contributed by atoms with Crippen LogP contribution in [0.2, 0.25) is 5.02 Å². The summed E-state index contributed by atoms with van der Waals surface area (Å²) in [5.74, 6) is -1.07. The SMILES string of the molecule is CC(C)(C)OC(=O)c1ccc(NC(=O)NC(=O)c2ccccc2Cl)cc1. The van der Waals surface area contributed by atoms with E-state index in [1.807, 2.05) is 0 Å². The molecule has 0 heterocycles. The monoisotopic (exact) mass is 374 g/mol. The topological polar surface area (TPSA) is 84.5 Å². The summed E-state index contributed by atoms with van der Waals surface area (Å²) in [5, 5.41) is 4.95. The lowest BCUT2D eigenvalue weighted by atomic mass is 10.1. The van der Waals surface area contributed by atoms with E-state index in [0.29, 0.717) is 11.3 Å². The van der Waals surface area contributed by atoms with Crippen molar-refractivity contribution >= 4 is 35.2 Å². The number of urea groups is 1. The first kappa shape index (κ1) is 19.5. The van der Waals surface area contributed by atoms with Gasteiger partial charge in [-0.05, 0) is 57.2 Å². The van der Waals surface area contributed by atoms with E-state index in [1.54, 1.807) is 51.1 Å². The zero-order valence-electron chi connectivity index (χ0n) is 14.6. The van der Waals surface area contributed by atoms with Crippen molar-refractivity contribution in [2.24, 2.45) is 0 Å². The first-order valence-corrected chi connectivity index (χ1v) is 8.24. The Morgan fingerprint density at radius 1 is 0.962 bits per heavy atom. The van der Waals surface area contributed by atoms with Gasteiger partial charge in [0.25, 0.3) is 5.91 Å². The van der Waals surface area contributed by atoms with Gasteiger partial charge in [-0.25, -0.2) is 9.59 Å². The largest absolute Gasteiger partial charge is 0.456 e. The molecule has 26 heavy (non-hydrogen) atoms. The van der Waals surface area contributed by atoms with E-state index < -0.39 is 23.5 Å². The number of carbonyl (C=O) groups is 3. The van der Waals surface area contributed by atoms with Crippen LogP contribution < -0.4 is 10.6 Å². The van der Waals surface area contributed by atoms with E-state index >= 15 is 0 Å². The van der Waals surface area contributed by atoms with Crippen LogP contribution in [0.1, 0.15) is 41.5 Å². The van der Waals surface area contributed by atoms with Crippen LogP contribution in [0.25, 0.3) is 0 Å². The summed E-state index contributed by atoms with van der Waals surface area (Å²) in [4.78, 5) is 35.9. The molecule has 0 fully saturated rings. The molecule has 2 aromatic rings. The van der Waals surface area contributed by atoms with E-state index in [-0.39, 0.29) is 10.6 Å². The summed E-state index contributed by atoms with van der Waals surface area (Å²) < 4.78 is 5.26. The number of ether oxygens (including phenoxy) is 1. The first-order valence-electron chi connectivity index (χ1n) is 7.86. The van der Waals surface area contributed by atoms with Gasteiger partial charge in [0.1, 0.15) is 5.60 Å². The Labute approximate surface area is 156 Å². The van der Waals surface area contributed by atoms with Crippen LogP contribution in [-0.2, 0) is 4.74 Å². The quantitative estimate of drug-likeness (QED) is 0.786. The van der Waals surface area contributed by atoms with E-state index in [4.69, 9.17) is 16.3 Å². The number of halogens is 1. The Bertz CT molecular complexity index is 826. The number of benzene rings is 2. The minimum atomic E-state index is -0.708. The van der Waals surface area contributed by atoms with Gasteiger partial charge in [0.05, 0.1) is 16.1 Å². The van der Waals surface area contributed by atoms with Crippen molar-refractivity contribution in [3.8, 4) is 0 Å². The molecule has 2 N–H and O–H groups in total. The normalized spacial score (nSPS) is 10.8. The highest BCUT2D eigenvalue weighted by molar-refractivity contribution is 6.34. The van der Waals surface area contributed by atoms with E-state index in [2.05, 4.69) is 10.6 Å². The predicted octanol–water partition coefficient (Wildman–Crippen LogP) is 4.26. The highest BCUT2D eigenvalue weighted by atomic mass is 35.5. The summed E-state index contributed by atoms with van der Waals surface area (Å²) in [5.41, 5.74) is 0.386. The molecule has 136 valence electrons. The predicted molar refractivity (Wildman–Crippen MR) is 99.5 cm³/mol. The van der Waals surface area contributed by atoms with Gasteiger partial charge < -0.3 is 10.1 Å². The van der Waals surface area contributed by atoms with Crippen molar-refractivity contribution in [1.82, 2.24) is 5.32 Å². The third-order valence-electron chi connectivity index (χ3n) is 3.12. The lowest BCUT2D eigenvalue weighted by Crippen LogP contribution is -2.34. The van der Waals surface area contributed by atoms with Gasteiger partial charge in [-0.2, -0.15) is 0 Å². The Morgan fingerprint density at radius 2 is 1.58 bits per heavy atom. The Balaban J connectivity index is 1.96. The van der Waals surface area contributed by atoms with Gasteiger partial charge in [-0.3, -0.25) is 10.1 Å². The standard InChI is InChI=1S/C19H19ClN2O4/c1-19(2,3)26-17(24)12-8-10-13(11-9-12)21-18(25)22-16(23)14-6-4-5-7-15(14)20/h4-11H,1-3H3,(H2,21,22,23,25). The van der Waals surface area contributed by atoms with Crippen LogP contribution in [0, 0.1) is 0 Å². The number of imide groups is 1. The highest BCUT2D eigenvalue weighted by Crippen LogP contribution is 2.16. The minimum Gasteiger partial charge on any atom is -0.456 e. The summed E-state index contributed by atoms with van der Waals surface area (Å²) in [6, 6.07) is 11.8. The zero-order valence-corrected chi connectivity index (χ0v) is 15.4. The molecule has 0 aliphatic carbocycles. The van der Waals surface area contributed by atoms with Crippen LogP contribution >= 0.6 is 11.6 Å². The number of rotatable bonds is 3. The molecular formula is C19H19ClN2O4. The number of hydrogen-bond donors (Lipinski definition) is 2. The molecule has 0 saturated carbocycles. The fourth-order valence-electron chi connectivity index (χ4n) is 2.00. The van der Waals surface area contributed by atoms with Crippen LogP contribution in [0.4, 0.5) is 10.5 Å². The van der Waals surface area contributed by atoms with Crippen molar-refractivity contribution in [2.45, 2.75) is 26.4 Å². The van der Waals surface area contributed by atoms with Crippen molar-refractivity contribution < 1.29 is 19.1 Å². The number of anilines is 1. The minimum absolute atomic E-state index is 0.199. The van der Waals surface area contributed by atoms with E-state index in [9.17, 15) is 14.4 Å². The molecular weight excluding hydrogens is 356 g/mol. The van der Waals surface area contributed by atoms with Crippen molar-refractivity contribution in [2.75, 3.05) is 5.32 Å². The fourth-order valence-corrected chi connectivity index (χ4v) is 2.23. The van der Waals surface area contributed by atoms with Gasteiger partial charge in [-0.15, -0.1) is 0 Å². The van der Waals surface area contributed by atoms with Gasteiger partial charge in [0.2, 0.25) is 0 Å². The summed E-state index contributed by atoms with van der Waals surface area (Å²) in [7, 11) is 0. The molecule has 2 aromatic carbocycles. The molecule has 0 bridgehead atoms. The van der Waals surface area contributed by atoms with Crippen molar-refractivity contribution in [1.29, 1.82) is 0 Å². The molecule has 0 radical (unpaired) electrons. The molecule has 0 spiro atoms. The molecule has 2 rings (SSSR count). The van der Waals surface area contributed by atoms with Crippen LogP contribution in [0.3, 0.4) is 0 Å². The molecule has 6 nitrogen and oxygen atoms in total. The second kappa shape index (κ2) is 8.01. The maximum absolute atomic E-state index is 12.0. The zero-order chi connectivity index (χ0) is 19.3. The van der Waals surface area contributed by atoms with Gasteiger partial charge in [0.15, 0.2) is 0 Å². The molecule has 0 aromatic heterocycles. The van der Waals surface area contributed by atoms with Gasteiger partial charge >= 0.3 is 12.0 Å². The van der Waals surface area contributed by atoms with Crippen molar-refractivity contribution in [3.63, 3.8) is 0 Å². The third kappa shape index (κ3) is 5.60. The number of nitrogens with one attached hydrogen (secondary N) is 2. The second-order valence-corrected chi connectivity index (χ2v) is 6.87. The Kier molecular flexibility index (Phi) is 6.00. The maximum atomic E-state index is 12.0. The number of carbonyl (C=O) groups excluding carboxylic acids is 3. The van der Waals surface area contributed by atoms with Crippen molar-refractivity contribution in [3.05, 3.63) is 64.7 Å². The molecule has 3 amide bonds. The smallest absolute Gasteiger partial charge is 0.338 e. The average molecular weight is 375 g/mol. The van der Waals surface area contributed by atoms with Gasteiger partial charge in [0, 0.05) is 5.69 Å². The Morgan fingerprint density at radius 3 is 2.15 bits per heavy atom. The number of hydrogen-bond acceptors (Lipinski definition) is 4. The summed E-state index contributed by atoms with van der Waals surface area (Å²) >= 11 is 5.92. The van der Waals surface area contributed by atoms with Crippen LogP contribution in [0.5, 0.6) is 0 Å². The number of esters is 1. The van der Waals surface area contributed by atoms with E-state index in [1.165, 1.54) is 18.2 Å². The molecule has 0 saturated heterocycles. The Hall–Kier alpha value is -2.86. The van der Waals surface area contributed by atoms with Crippen LogP contribution in [-0.4, -0.2) is 23.5 Å². The maximum Gasteiger partial charge on any atom is 0.338 e. The second-order valence-electron chi connectivity index (χ2n) is 6.47. The molecule has 0 atom stereocenters. The molecule has 0 unspecified atom stereocenters. The lowest BCUT2D eigenvalue weighted by Gasteiger charge is -2.19. The highest BCUT2D eigenvalue weighted by Gasteiger charge is 2.18. The van der Waals surface area contributed by atoms with Crippen LogP contribution in [0.15, 0.2) is 48.5 Å². The average Bonchev–Trinajstić information content (AvgIpc) is 2.54. The third-order valence-corrected chi connectivity index (χ3v) is 3.45.